The Balaban J connectivity index is 1.58. The van der Waals surface area contributed by atoms with Crippen molar-refractivity contribution in [1.29, 1.82) is 0 Å². The van der Waals surface area contributed by atoms with Crippen LogP contribution in [0, 0.1) is 13.8 Å². The first-order valence-corrected chi connectivity index (χ1v) is 13.5. The summed E-state index contributed by atoms with van der Waals surface area (Å²) in [6.45, 7) is 3.74. The van der Waals surface area contributed by atoms with Crippen molar-refractivity contribution in [2.75, 3.05) is 7.11 Å². The summed E-state index contributed by atoms with van der Waals surface area (Å²) in [4.78, 5) is 18.4. The van der Waals surface area contributed by atoms with E-state index >= 15 is 0 Å². The fourth-order valence-electron chi connectivity index (χ4n) is 4.94. The van der Waals surface area contributed by atoms with Gasteiger partial charge in [-0.15, -0.1) is 0 Å². The Morgan fingerprint density at radius 1 is 1.03 bits per heavy atom. The summed E-state index contributed by atoms with van der Waals surface area (Å²) in [6.07, 6.45) is 0.431. The molecule has 3 aromatic carbocycles. The monoisotopic (exact) mass is 516 g/mol. The molecule has 1 saturated heterocycles. The van der Waals surface area contributed by atoms with Gasteiger partial charge in [0.15, 0.2) is 5.60 Å². The number of aryl methyl sites for hydroxylation is 2. The number of pyridine rings is 1. The maximum Gasteiger partial charge on any atom is 0.270 e. The molecule has 1 fully saturated rings. The third-order valence-corrected chi connectivity index (χ3v) is 8.17. The lowest BCUT2D eigenvalue weighted by Crippen LogP contribution is -2.46. The van der Waals surface area contributed by atoms with E-state index in [4.69, 9.17) is 9.47 Å². The van der Waals surface area contributed by atoms with Gasteiger partial charge in [0.05, 0.1) is 23.6 Å². The molecule has 0 aliphatic carbocycles. The van der Waals surface area contributed by atoms with Gasteiger partial charge in [0.2, 0.25) is 0 Å². The standard InChI is InChI=1S/C29H28N2O5S/c1-19-12-15-26(35-3)23(18-19)29(17-16-25(36-29)21-8-5-4-6-9-21)28(32)31-37(33,34)27-11-7-10-24-22(27)14-13-20(2)30-24/h4-15,18,25H,16-17H2,1-3H3,(H,31,32)/t25-,29+/m0/s1. The first kappa shape index (κ1) is 24.9. The highest BCUT2D eigenvalue weighted by molar-refractivity contribution is 7.90. The summed E-state index contributed by atoms with van der Waals surface area (Å²) < 4.78 is 41.6. The molecule has 190 valence electrons. The molecule has 1 N–H and O–H groups in total. The van der Waals surface area contributed by atoms with E-state index in [1.807, 2.05) is 56.3 Å². The van der Waals surface area contributed by atoms with Crippen LogP contribution < -0.4 is 9.46 Å². The number of hydrogen-bond acceptors (Lipinski definition) is 6. The van der Waals surface area contributed by atoms with Crippen LogP contribution in [0.2, 0.25) is 0 Å². The van der Waals surface area contributed by atoms with E-state index in [1.54, 1.807) is 30.3 Å². The van der Waals surface area contributed by atoms with Gasteiger partial charge >= 0.3 is 0 Å². The molecule has 0 spiro atoms. The minimum atomic E-state index is -4.25. The molecule has 5 rings (SSSR count). The molecule has 37 heavy (non-hydrogen) atoms. The lowest BCUT2D eigenvalue weighted by Gasteiger charge is -2.30. The van der Waals surface area contributed by atoms with E-state index in [0.29, 0.717) is 28.6 Å². The SMILES string of the molecule is COc1ccc(C)cc1[C@@]1(C(=O)NS(=O)(=O)c2cccc3nc(C)ccc23)CC[C@@H](c2ccccc2)O1. The Hall–Kier alpha value is -3.75. The fraction of sp³-hybridized carbons (Fsp3) is 0.241. The van der Waals surface area contributed by atoms with Crippen molar-refractivity contribution in [2.24, 2.45) is 0 Å². The molecular formula is C29H28N2O5S. The van der Waals surface area contributed by atoms with Crippen molar-refractivity contribution in [3.05, 3.63) is 101 Å². The number of carbonyl (C=O) groups is 1. The van der Waals surface area contributed by atoms with Crippen LogP contribution in [0.5, 0.6) is 5.75 Å². The predicted molar refractivity (Wildman–Crippen MR) is 141 cm³/mol. The number of hydrogen-bond donors (Lipinski definition) is 1. The number of methoxy groups -OCH3 is 1. The van der Waals surface area contributed by atoms with Gasteiger partial charge in [0, 0.05) is 16.6 Å². The summed E-state index contributed by atoms with van der Waals surface area (Å²) in [5, 5.41) is 0.435. The summed E-state index contributed by atoms with van der Waals surface area (Å²) >= 11 is 0. The number of benzene rings is 3. The van der Waals surface area contributed by atoms with Gasteiger partial charge < -0.3 is 9.47 Å². The Kier molecular flexibility index (Phi) is 6.47. The molecule has 0 saturated carbocycles. The van der Waals surface area contributed by atoms with E-state index in [2.05, 4.69) is 9.71 Å². The first-order valence-electron chi connectivity index (χ1n) is 12.0. The molecule has 0 radical (unpaired) electrons. The number of amides is 1. The van der Waals surface area contributed by atoms with Crippen LogP contribution in [-0.2, 0) is 25.2 Å². The molecule has 8 heteroatoms. The topological polar surface area (TPSA) is 94.6 Å². The first-order chi connectivity index (χ1) is 17.7. The Morgan fingerprint density at radius 3 is 2.57 bits per heavy atom. The normalized spacial score (nSPS) is 19.6. The van der Waals surface area contributed by atoms with Crippen molar-refractivity contribution >= 4 is 26.8 Å². The van der Waals surface area contributed by atoms with E-state index in [1.165, 1.54) is 13.2 Å². The summed E-state index contributed by atoms with van der Waals surface area (Å²) in [6, 6.07) is 23.3. The predicted octanol–water partition coefficient (Wildman–Crippen LogP) is 5.11. The number of nitrogens with zero attached hydrogens (tertiary/aromatic N) is 1. The summed E-state index contributed by atoms with van der Waals surface area (Å²) in [5.41, 5.74) is 2.05. The second kappa shape index (κ2) is 9.61. The van der Waals surface area contributed by atoms with E-state index in [0.717, 1.165) is 16.8 Å². The number of aromatic nitrogens is 1. The molecule has 1 aromatic heterocycles. The van der Waals surface area contributed by atoms with Crippen LogP contribution in [-0.4, -0.2) is 26.4 Å². The highest BCUT2D eigenvalue weighted by Gasteiger charge is 2.51. The number of ether oxygens (including phenoxy) is 2. The minimum Gasteiger partial charge on any atom is -0.496 e. The van der Waals surface area contributed by atoms with Gasteiger partial charge in [-0.2, -0.15) is 0 Å². The lowest BCUT2D eigenvalue weighted by molar-refractivity contribution is -0.145. The molecule has 4 aromatic rings. The number of rotatable bonds is 6. The molecule has 2 heterocycles. The van der Waals surface area contributed by atoms with Crippen molar-refractivity contribution in [3.8, 4) is 5.75 Å². The third kappa shape index (κ3) is 4.58. The van der Waals surface area contributed by atoms with Crippen LogP contribution in [0.25, 0.3) is 10.9 Å². The number of sulfonamides is 1. The molecule has 1 aliphatic rings. The zero-order valence-electron chi connectivity index (χ0n) is 20.9. The highest BCUT2D eigenvalue weighted by Crippen LogP contribution is 2.49. The number of nitrogens with one attached hydrogen (secondary N) is 1. The van der Waals surface area contributed by atoms with Gasteiger partial charge in [-0.25, -0.2) is 13.1 Å². The minimum absolute atomic E-state index is 0.0187. The van der Waals surface area contributed by atoms with Gasteiger partial charge in [0.25, 0.3) is 15.9 Å². The van der Waals surface area contributed by atoms with Gasteiger partial charge in [-0.3, -0.25) is 9.78 Å². The smallest absolute Gasteiger partial charge is 0.270 e. The maximum atomic E-state index is 14.0. The van der Waals surface area contributed by atoms with Crippen LogP contribution in [0.15, 0.2) is 83.8 Å². The van der Waals surface area contributed by atoms with Gasteiger partial charge in [-0.1, -0.05) is 48.0 Å². The van der Waals surface area contributed by atoms with Crippen molar-refractivity contribution in [2.45, 2.75) is 43.3 Å². The number of carbonyl (C=O) groups excluding carboxylic acids is 1. The third-order valence-electron chi connectivity index (χ3n) is 6.78. The quantitative estimate of drug-likeness (QED) is 0.383. The number of fused-ring (bicyclic) bond motifs is 1. The average molecular weight is 517 g/mol. The summed E-state index contributed by atoms with van der Waals surface area (Å²) in [7, 11) is -2.74. The fourth-order valence-corrected chi connectivity index (χ4v) is 6.18. The van der Waals surface area contributed by atoms with Crippen LogP contribution in [0.4, 0.5) is 0 Å². The highest BCUT2D eigenvalue weighted by atomic mass is 32.2. The maximum absolute atomic E-state index is 14.0. The zero-order chi connectivity index (χ0) is 26.2. The molecular weight excluding hydrogens is 488 g/mol. The largest absolute Gasteiger partial charge is 0.496 e. The molecule has 0 unspecified atom stereocenters. The van der Waals surface area contributed by atoms with Crippen molar-refractivity contribution in [1.82, 2.24) is 9.71 Å². The van der Waals surface area contributed by atoms with Gasteiger partial charge in [-0.05, 0) is 68.7 Å². The zero-order valence-corrected chi connectivity index (χ0v) is 21.7. The molecule has 2 atom stereocenters. The average Bonchev–Trinajstić information content (AvgIpc) is 3.35. The van der Waals surface area contributed by atoms with E-state index < -0.39 is 21.5 Å². The van der Waals surface area contributed by atoms with Gasteiger partial charge in [0.1, 0.15) is 5.75 Å². The lowest BCUT2D eigenvalue weighted by atomic mass is 9.88. The van der Waals surface area contributed by atoms with E-state index in [-0.39, 0.29) is 17.4 Å². The second-order valence-electron chi connectivity index (χ2n) is 9.30. The molecule has 7 nitrogen and oxygen atoms in total. The Bertz CT molecular complexity index is 1590. The van der Waals surface area contributed by atoms with Crippen molar-refractivity contribution in [3.63, 3.8) is 0 Å². The van der Waals surface area contributed by atoms with Crippen LogP contribution >= 0.6 is 0 Å². The van der Waals surface area contributed by atoms with Crippen LogP contribution in [0.3, 0.4) is 0 Å². The van der Waals surface area contributed by atoms with Crippen LogP contribution in [0.1, 0.15) is 41.3 Å². The molecule has 1 aliphatic heterocycles. The summed E-state index contributed by atoms with van der Waals surface area (Å²) in [5.74, 6) is -0.302. The Morgan fingerprint density at radius 2 is 1.81 bits per heavy atom. The Labute approximate surface area is 216 Å². The van der Waals surface area contributed by atoms with Crippen molar-refractivity contribution < 1.29 is 22.7 Å². The molecule has 0 bridgehead atoms. The van der Waals surface area contributed by atoms with E-state index in [9.17, 15) is 13.2 Å². The second-order valence-corrected chi connectivity index (χ2v) is 10.9. The molecule has 1 amide bonds.